The molecule has 0 heterocycles. The van der Waals surface area contributed by atoms with Gasteiger partial charge in [0, 0.05) is 13.2 Å². The largest absolute Gasteiger partial charge is 0.493 e. The van der Waals surface area contributed by atoms with Crippen molar-refractivity contribution < 1.29 is 19.7 Å². The van der Waals surface area contributed by atoms with Gasteiger partial charge in [0.05, 0.1) is 14.2 Å². The summed E-state index contributed by atoms with van der Waals surface area (Å²) in [4.78, 5) is 0. The minimum Gasteiger partial charge on any atom is -0.493 e. The summed E-state index contributed by atoms with van der Waals surface area (Å²) in [6, 6.07) is 5.80. The smallest absolute Gasteiger partial charge is 0.160 e. The van der Waals surface area contributed by atoms with Gasteiger partial charge in [-0.15, -0.1) is 0 Å². The highest BCUT2D eigenvalue weighted by Crippen LogP contribution is 2.27. The van der Waals surface area contributed by atoms with Crippen LogP contribution in [0, 0.1) is 0 Å². The van der Waals surface area contributed by atoms with Crippen LogP contribution in [-0.2, 0) is 6.42 Å². The molecular formula is C13H22O4. The molecule has 0 aliphatic rings. The Hall–Kier alpha value is -1.26. The zero-order valence-electron chi connectivity index (χ0n) is 10.8. The van der Waals surface area contributed by atoms with Crippen LogP contribution in [-0.4, -0.2) is 37.6 Å². The van der Waals surface area contributed by atoms with Crippen LogP contribution in [0.15, 0.2) is 18.2 Å². The Labute approximate surface area is 103 Å². The molecule has 0 spiro atoms. The third-order valence-corrected chi connectivity index (χ3v) is 2.07. The van der Waals surface area contributed by atoms with Gasteiger partial charge in [-0.25, -0.2) is 0 Å². The first-order valence-corrected chi connectivity index (χ1v) is 5.66. The zero-order valence-corrected chi connectivity index (χ0v) is 10.8. The molecule has 1 rings (SSSR count). The summed E-state index contributed by atoms with van der Waals surface area (Å²) in [7, 11) is 3.24. The first-order chi connectivity index (χ1) is 8.23. The Kier molecular flexibility index (Phi) is 9.19. The summed E-state index contributed by atoms with van der Waals surface area (Å²) in [6.45, 7) is 2.15. The minimum atomic E-state index is 0.217. The molecule has 1 aromatic carbocycles. The van der Waals surface area contributed by atoms with E-state index in [0.717, 1.165) is 29.9 Å². The third kappa shape index (κ3) is 6.14. The van der Waals surface area contributed by atoms with E-state index in [9.17, 15) is 0 Å². The second-order valence-electron chi connectivity index (χ2n) is 3.33. The summed E-state index contributed by atoms with van der Waals surface area (Å²) >= 11 is 0. The predicted octanol–water partition coefficient (Wildman–Crippen LogP) is 1.63. The summed E-state index contributed by atoms with van der Waals surface area (Å²) in [5, 5.41) is 16.3. The molecule has 0 aromatic heterocycles. The van der Waals surface area contributed by atoms with Crippen LogP contribution < -0.4 is 9.47 Å². The maximum absolute atomic E-state index is 8.70. The van der Waals surface area contributed by atoms with Crippen molar-refractivity contribution >= 4 is 0 Å². The van der Waals surface area contributed by atoms with Gasteiger partial charge in [-0.2, -0.15) is 0 Å². The molecule has 1 aromatic rings. The van der Waals surface area contributed by atoms with Gasteiger partial charge in [-0.1, -0.05) is 6.07 Å². The Balaban J connectivity index is 0.000000770. The lowest BCUT2D eigenvalue weighted by molar-refractivity contribution is 0.288. The number of aliphatic hydroxyl groups is 2. The highest BCUT2D eigenvalue weighted by atomic mass is 16.5. The van der Waals surface area contributed by atoms with Crippen LogP contribution in [0.1, 0.15) is 18.9 Å². The van der Waals surface area contributed by atoms with Gasteiger partial charge in [0.15, 0.2) is 11.5 Å². The molecule has 0 aliphatic heterocycles. The van der Waals surface area contributed by atoms with Gasteiger partial charge >= 0.3 is 0 Å². The van der Waals surface area contributed by atoms with Gasteiger partial charge in [-0.3, -0.25) is 0 Å². The highest BCUT2D eigenvalue weighted by Gasteiger charge is 2.03. The molecule has 0 saturated heterocycles. The van der Waals surface area contributed by atoms with Crippen molar-refractivity contribution in [1.29, 1.82) is 0 Å². The zero-order chi connectivity index (χ0) is 13.1. The number of rotatable bonds is 5. The molecule has 2 N–H and O–H groups in total. The van der Waals surface area contributed by atoms with Crippen molar-refractivity contribution in [3.8, 4) is 11.5 Å². The van der Waals surface area contributed by atoms with Crippen LogP contribution in [0.25, 0.3) is 0 Å². The van der Waals surface area contributed by atoms with Gasteiger partial charge in [0.2, 0.25) is 0 Å². The molecule has 0 aliphatic carbocycles. The van der Waals surface area contributed by atoms with Crippen LogP contribution in [0.4, 0.5) is 0 Å². The molecule has 0 fully saturated rings. The van der Waals surface area contributed by atoms with Crippen LogP contribution in [0.3, 0.4) is 0 Å². The second-order valence-corrected chi connectivity index (χ2v) is 3.33. The van der Waals surface area contributed by atoms with Gasteiger partial charge in [0.1, 0.15) is 0 Å². The summed E-state index contributed by atoms with van der Waals surface area (Å²) < 4.78 is 10.3. The van der Waals surface area contributed by atoms with Gasteiger partial charge < -0.3 is 19.7 Å². The number of hydrogen-bond acceptors (Lipinski definition) is 4. The average molecular weight is 242 g/mol. The van der Waals surface area contributed by atoms with E-state index in [1.54, 1.807) is 21.1 Å². The molecule has 0 amide bonds. The maximum atomic E-state index is 8.70. The number of benzene rings is 1. The molecule has 98 valence electrons. The topological polar surface area (TPSA) is 58.9 Å². The Bertz CT molecular complexity index is 299. The lowest BCUT2D eigenvalue weighted by Gasteiger charge is -2.08. The first kappa shape index (κ1) is 15.7. The minimum absolute atomic E-state index is 0.217. The van der Waals surface area contributed by atoms with Crippen molar-refractivity contribution in [2.75, 3.05) is 27.4 Å². The van der Waals surface area contributed by atoms with Crippen LogP contribution in [0.2, 0.25) is 0 Å². The Morgan fingerprint density at radius 3 is 2.12 bits per heavy atom. The van der Waals surface area contributed by atoms with Crippen LogP contribution in [0.5, 0.6) is 11.5 Å². The van der Waals surface area contributed by atoms with Crippen molar-refractivity contribution in [2.24, 2.45) is 0 Å². The summed E-state index contributed by atoms with van der Waals surface area (Å²) in [6.07, 6.45) is 1.63. The molecule has 0 unspecified atom stereocenters. The number of aliphatic hydroxyl groups excluding tert-OH is 2. The number of ether oxygens (including phenoxy) is 2. The molecule has 4 nitrogen and oxygen atoms in total. The van der Waals surface area contributed by atoms with E-state index in [-0.39, 0.29) is 13.2 Å². The molecule has 0 atom stereocenters. The summed E-state index contributed by atoms with van der Waals surface area (Å²) in [5.41, 5.74) is 1.15. The lowest BCUT2D eigenvalue weighted by Crippen LogP contribution is -1.94. The molecule has 0 saturated carbocycles. The molecule has 0 bridgehead atoms. The van der Waals surface area contributed by atoms with E-state index >= 15 is 0 Å². The maximum Gasteiger partial charge on any atom is 0.160 e. The van der Waals surface area contributed by atoms with E-state index in [2.05, 4.69) is 0 Å². The van der Waals surface area contributed by atoms with Crippen molar-refractivity contribution in [2.45, 2.75) is 19.8 Å². The number of methoxy groups -OCH3 is 2. The highest BCUT2D eigenvalue weighted by molar-refractivity contribution is 5.42. The molecule has 0 radical (unpaired) electrons. The van der Waals surface area contributed by atoms with Gasteiger partial charge in [-0.05, 0) is 37.5 Å². The standard InChI is InChI=1S/C11H16O3.C2H6O/c1-13-10-6-5-9(4-3-7-12)8-11(10)14-2;1-2-3/h5-6,8,12H,3-4,7H2,1-2H3;3H,2H2,1H3. The van der Waals surface area contributed by atoms with Crippen molar-refractivity contribution in [3.05, 3.63) is 23.8 Å². The van der Waals surface area contributed by atoms with Crippen LogP contribution >= 0.6 is 0 Å². The van der Waals surface area contributed by atoms with Crippen molar-refractivity contribution in [3.63, 3.8) is 0 Å². The Morgan fingerprint density at radius 2 is 1.65 bits per heavy atom. The molecular weight excluding hydrogens is 220 g/mol. The average Bonchev–Trinajstić information content (AvgIpc) is 2.36. The predicted molar refractivity (Wildman–Crippen MR) is 67.7 cm³/mol. The fraction of sp³-hybridized carbons (Fsp3) is 0.538. The SMILES string of the molecule is CCO.COc1ccc(CCCO)cc1OC. The second kappa shape index (κ2) is 9.93. The van der Waals surface area contributed by atoms with E-state index in [1.165, 1.54) is 0 Å². The van der Waals surface area contributed by atoms with E-state index in [0.29, 0.717) is 0 Å². The molecule has 17 heavy (non-hydrogen) atoms. The van der Waals surface area contributed by atoms with E-state index < -0.39 is 0 Å². The number of aryl methyl sites for hydroxylation is 1. The fourth-order valence-corrected chi connectivity index (χ4v) is 1.32. The van der Waals surface area contributed by atoms with E-state index in [1.807, 2.05) is 18.2 Å². The Morgan fingerprint density at radius 1 is 1.06 bits per heavy atom. The fourth-order valence-electron chi connectivity index (χ4n) is 1.32. The van der Waals surface area contributed by atoms with Crippen molar-refractivity contribution in [1.82, 2.24) is 0 Å². The number of hydrogen-bond donors (Lipinski definition) is 2. The third-order valence-electron chi connectivity index (χ3n) is 2.07. The first-order valence-electron chi connectivity index (χ1n) is 5.66. The van der Waals surface area contributed by atoms with Gasteiger partial charge in [0.25, 0.3) is 0 Å². The normalized spacial score (nSPS) is 9.24. The lowest BCUT2D eigenvalue weighted by atomic mass is 10.1. The monoisotopic (exact) mass is 242 g/mol. The quantitative estimate of drug-likeness (QED) is 0.824. The molecule has 4 heteroatoms. The summed E-state index contributed by atoms with van der Waals surface area (Å²) in [5.74, 6) is 1.48. The van der Waals surface area contributed by atoms with E-state index in [4.69, 9.17) is 19.7 Å².